The molecule has 0 aliphatic carbocycles. The Labute approximate surface area is 172 Å². The van der Waals surface area contributed by atoms with E-state index in [1.165, 1.54) is 0 Å². The zero-order valence-electron chi connectivity index (χ0n) is 16.5. The first kappa shape index (κ1) is 19.4. The Bertz CT molecular complexity index is 1140. The van der Waals surface area contributed by atoms with Crippen molar-refractivity contribution in [1.29, 1.82) is 0 Å². The highest BCUT2D eigenvalue weighted by Gasteiger charge is 2.23. The standard InChI is InChI=1S/C21H20N4O5/c1-13-20(25(27)28)14(2)24(23-13)12-15-5-3-4-6-17(15)21(26)22-16-7-8-18-19(11-16)30-10-9-29-18/h3-8,11H,9-10,12H2,1-2H3,(H,22,26). The normalized spacial score (nSPS) is 12.5. The van der Waals surface area contributed by atoms with Crippen LogP contribution in [0.15, 0.2) is 42.5 Å². The minimum Gasteiger partial charge on any atom is -0.486 e. The molecular formula is C21H20N4O5. The Morgan fingerprint density at radius 3 is 2.63 bits per heavy atom. The summed E-state index contributed by atoms with van der Waals surface area (Å²) in [5, 5.41) is 18.4. The third-order valence-corrected chi connectivity index (χ3v) is 4.91. The number of aryl methyl sites for hydroxylation is 1. The predicted octanol–water partition coefficient (Wildman–Crippen LogP) is 3.48. The molecule has 9 heteroatoms. The number of hydrogen-bond acceptors (Lipinski definition) is 6. The van der Waals surface area contributed by atoms with Gasteiger partial charge in [-0.25, -0.2) is 0 Å². The summed E-state index contributed by atoms with van der Waals surface area (Å²) < 4.78 is 12.6. The van der Waals surface area contributed by atoms with E-state index in [0.717, 1.165) is 0 Å². The van der Waals surface area contributed by atoms with E-state index in [1.54, 1.807) is 54.9 Å². The van der Waals surface area contributed by atoms with Gasteiger partial charge in [0.15, 0.2) is 11.5 Å². The average Bonchev–Trinajstić information content (AvgIpc) is 3.01. The minimum absolute atomic E-state index is 0.00629. The summed E-state index contributed by atoms with van der Waals surface area (Å²) in [6, 6.07) is 12.3. The topological polar surface area (TPSA) is 109 Å². The Hall–Kier alpha value is -3.88. The van der Waals surface area contributed by atoms with E-state index in [4.69, 9.17) is 9.47 Å². The zero-order valence-corrected chi connectivity index (χ0v) is 16.5. The summed E-state index contributed by atoms with van der Waals surface area (Å²) >= 11 is 0. The fraction of sp³-hybridized carbons (Fsp3) is 0.238. The Morgan fingerprint density at radius 2 is 1.90 bits per heavy atom. The lowest BCUT2D eigenvalue weighted by Crippen LogP contribution is -2.18. The number of nitro groups is 1. The van der Waals surface area contributed by atoms with Crippen LogP contribution < -0.4 is 14.8 Å². The number of carbonyl (C=O) groups is 1. The molecule has 9 nitrogen and oxygen atoms in total. The number of fused-ring (bicyclic) bond motifs is 1. The third-order valence-electron chi connectivity index (χ3n) is 4.91. The molecule has 0 saturated carbocycles. The smallest absolute Gasteiger partial charge is 0.312 e. The van der Waals surface area contributed by atoms with Crippen molar-refractivity contribution >= 4 is 17.3 Å². The minimum atomic E-state index is -0.436. The van der Waals surface area contributed by atoms with Crippen molar-refractivity contribution in [3.63, 3.8) is 0 Å². The lowest BCUT2D eigenvalue weighted by atomic mass is 10.1. The van der Waals surface area contributed by atoms with Gasteiger partial charge in [0.05, 0.1) is 11.5 Å². The molecule has 3 aromatic rings. The van der Waals surface area contributed by atoms with E-state index in [0.29, 0.717) is 52.9 Å². The molecule has 2 heterocycles. The molecule has 1 aliphatic heterocycles. The second-order valence-electron chi connectivity index (χ2n) is 6.90. The number of nitrogens with zero attached hydrogens (tertiary/aromatic N) is 3. The number of carbonyl (C=O) groups excluding carboxylic acids is 1. The second kappa shape index (κ2) is 7.86. The Balaban J connectivity index is 1.58. The van der Waals surface area contributed by atoms with Crippen molar-refractivity contribution in [2.45, 2.75) is 20.4 Å². The fourth-order valence-electron chi connectivity index (χ4n) is 3.47. The van der Waals surface area contributed by atoms with Gasteiger partial charge in [0.2, 0.25) is 0 Å². The number of anilines is 1. The molecule has 0 bridgehead atoms. The zero-order chi connectivity index (χ0) is 21.3. The molecule has 1 amide bonds. The number of benzene rings is 2. The summed E-state index contributed by atoms with van der Waals surface area (Å²) in [6.45, 7) is 4.45. The van der Waals surface area contributed by atoms with E-state index in [9.17, 15) is 14.9 Å². The Morgan fingerprint density at radius 1 is 1.17 bits per heavy atom. The molecule has 1 aliphatic rings. The van der Waals surface area contributed by atoms with Crippen molar-refractivity contribution < 1.29 is 19.2 Å². The van der Waals surface area contributed by atoms with Gasteiger partial charge in [0, 0.05) is 17.3 Å². The fourth-order valence-corrected chi connectivity index (χ4v) is 3.47. The first-order valence-electron chi connectivity index (χ1n) is 9.41. The molecule has 0 saturated heterocycles. The van der Waals surface area contributed by atoms with Crippen LogP contribution in [0.4, 0.5) is 11.4 Å². The second-order valence-corrected chi connectivity index (χ2v) is 6.90. The van der Waals surface area contributed by atoms with Crippen molar-refractivity contribution in [3.05, 3.63) is 75.1 Å². The maximum Gasteiger partial charge on any atom is 0.312 e. The molecule has 0 spiro atoms. The molecular weight excluding hydrogens is 388 g/mol. The number of rotatable bonds is 5. The van der Waals surface area contributed by atoms with Gasteiger partial charge in [-0.05, 0) is 37.6 Å². The highest BCUT2D eigenvalue weighted by Crippen LogP contribution is 2.33. The number of hydrogen-bond donors (Lipinski definition) is 1. The number of aromatic nitrogens is 2. The molecule has 2 aromatic carbocycles. The summed E-state index contributed by atoms with van der Waals surface area (Å²) in [7, 11) is 0. The molecule has 1 aromatic heterocycles. The van der Waals surface area contributed by atoms with Crippen molar-refractivity contribution in [3.8, 4) is 11.5 Å². The number of amides is 1. The van der Waals surface area contributed by atoms with Gasteiger partial charge in [-0.15, -0.1) is 0 Å². The Kier molecular flexibility index (Phi) is 5.09. The van der Waals surface area contributed by atoms with Gasteiger partial charge in [-0.3, -0.25) is 19.6 Å². The largest absolute Gasteiger partial charge is 0.486 e. The van der Waals surface area contributed by atoms with E-state index in [1.807, 2.05) is 6.07 Å². The van der Waals surface area contributed by atoms with E-state index >= 15 is 0 Å². The van der Waals surface area contributed by atoms with Crippen LogP contribution in [0, 0.1) is 24.0 Å². The molecule has 0 fully saturated rings. The molecule has 1 N–H and O–H groups in total. The van der Waals surface area contributed by atoms with Gasteiger partial charge in [-0.1, -0.05) is 18.2 Å². The van der Waals surface area contributed by atoms with Gasteiger partial charge < -0.3 is 14.8 Å². The van der Waals surface area contributed by atoms with Crippen LogP contribution in [0.25, 0.3) is 0 Å². The summed E-state index contributed by atoms with van der Waals surface area (Å²) in [4.78, 5) is 23.8. The maximum atomic E-state index is 12.9. The van der Waals surface area contributed by atoms with Gasteiger partial charge in [0.25, 0.3) is 5.91 Å². The van der Waals surface area contributed by atoms with E-state index < -0.39 is 4.92 Å². The summed E-state index contributed by atoms with van der Waals surface area (Å²) in [5.74, 6) is 0.936. The quantitative estimate of drug-likeness (QED) is 0.511. The summed E-state index contributed by atoms with van der Waals surface area (Å²) in [5.41, 5.74) is 2.53. The highest BCUT2D eigenvalue weighted by molar-refractivity contribution is 6.05. The predicted molar refractivity (Wildman–Crippen MR) is 109 cm³/mol. The van der Waals surface area contributed by atoms with E-state index in [-0.39, 0.29) is 18.1 Å². The van der Waals surface area contributed by atoms with E-state index in [2.05, 4.69) is 10.4 Å². The average molecular weight is 408 g/mol. The van der Waals surface area contributed by atoms with Crippen LogP contribution in [0.2, 0.25) is 0 Å². The molecule has 0 radical (unpaired) electrons. The maximum absolute atomic E-state index is 12.9. The van der Waals surface area contributed by atoms with Crippen LogP contribution >= 0.6 is 0 Å². The van der Waals surface area contributed by atoms with Crippen LogP contribution in [0.3, 0.4) is 0 Å². The van der Waals surface area contributed by atoms with Crippen molar-refractivity contribution in [1.82, 2.24) is 9.78 Å². The SMILES string of the molecule is Cc1nn(Cc2ccccc2C(=O)Nc2ccc3c(c2)OCCO3)c(C)c1[N+](=O)[O-]. The van der Waals surface area contributed by atoms with Crippen molar-refractivity contribution in [2.24, 2.45) is 0 Å². The van der Waals surface area contributed by atoms with Gasteiger partial charge in [-0.2, -0.15) is 5.10 Å². The van der Waals surface area contributed by atoms with Crippen LogP contribution in [0.5, 0.6) is 11.5 Å². The summed E-state index contributed by atoms with van der Waals surface area (Å²) in [6.07, 6.45) is 0. The van der Waals surface area contributed by atoms with Crippen molar-refractivity contribution in [2.75, 3.05) is 18.5 Å². The lowest BCUT2D eigenvalue weighted by molar-refractivity contribution is -0.386. The molecule has 0 unspecified atom stereocenters. The monoisotopic (exact) mass is 408 g/mol. The third kappa shape index (κ3) is 3.69. The highest BCUT2D eigenvalue weighted by atomic mass is 16.6. The van der Waals surface area contributed by atoms with Gasteiger partial charge >= 0.3 is 5.69 Å². The van der Waals surface area contributed by atoms with Crippen LogP contribution in [-0.4, -0.2) is 33.8 Å². The molecule has 154 valence electrons. The van der Waals surface area contributed by atoms with Crippen LogP contribution in [-0.2, 0) is 6.54 Å². The van der Waals surface area contributed by atoms with Gasteiger partial charge in [0.1, 0.15) is 24.6 Å². The molecule has 0 atom stereocenters. The number of ether oxygens (including phenoxy) is 2. The first-order chi connectivity index (χ1) is 14.4. The molecule has 4 rings (SSSR count). The number of nitrogens with one attached hydrogen (secondary N) is 1. The van der Waals surface area contributed by atoms with Crippen LogP contribution in [0.1, 0.15) is 27.3 Å². The molecule has 30 heavy (non-hydrogen) atoms. The first-order valence-corrected chi connectivity index (χ1v) is 9.41. The lowest BCUT2D eigenvalue weighted by Gasteiger charge is -2.19.